The summed E-state index contributed by atoms with van der Waals surface area (Å²) >= 11 is 0. The van der Waals surface area contributed by atoms with Crippen molar-refractivity contribution in [1.82, 2.24) is 0 Å². The van der Waals surface area contributed by atoms with Crippen LogP contribution in [0.3, 0.4) is 0 Å². The molecule has 3 saturated carbocycles. The number of fused-ring (bicyclic) bond motifs is 5. The first-order chi connectivity index (χ1) is 9.55. The van der Waals surface area contributed by atoms with E-state index in [1.807, 2.05) is 0 Å². The molecular formula is C19H30O. The Morgan fingerprint density at radius 1 is 0.950 bits per heavy atom. The molecule has 1 heteroatoms. The fourth-order valence-corrected chi connectivity index (χ4v) is 6.89. The van der Waals surface area contributed by atoms with E-state index in [0.717, 1.165) is 24.2 Å². The molecule has 7 atom stereocenters. The van der Waals surface area contributed by atoms with Crippen LogP contribution < -0.4 is 0 Å². The molecule has 0 aromatic heterocycles. The van der Waals surface area contributed by atoms with E-state index in [9.17, 15) is 5.11 Å². The van der Waals surface area contributed by atoms with E-state index in [-0.39, 0.29) is 11.5 Å². The van der Waals surface area contributed by atoms with E-state index < -0.39 is 0 Å². The summed E-state index contributed by atoms with van der Waals surface area (Å²) < 4.78 is 0. The van der Waals surface area contributed by atoms with Crippen LogP contribution in [0.15, 0.2) is 12.2 Å². The van der Waals surface area contributed by atoms with Crippen molar-refractivity contribution in [1.29, 1.82) is 0 Å². The Balaban J connectivity index is 1.68. The molecule has 20 heavy (non-hydrogen) atoms. The number of aliphatic hydroxyl groups excluding tert-OH is 1. The number of rotatable bonds is 0. The van der Waals surface area contributed by atoms with Crippen LogP contribution in [0.25, 0.3) is 0 Å². The van der Waals surface area contributed by atoms with Gasteiger partial charge in [-0.3, -0.25) is 0 Å². The van der Waals surface area contributed by atoms with Crippen molar-refractivity contribution in [2.24, 2.45) is 34.5 Å². The smallest absolute Gasteiger partial charge is 0.0611 e. The Morgan fingerprint density at radius 2 is 1.80 bits per heavy atom. The second-order valence-corrected chi connectivity index (χ2v) is 8.72. The molecule has 4 rings (SSSR count). The second kappa shape index (κ2) is 4.35. The SMILES string of the molecule is C[C@@]12CCC[C@H]1[C@@H]1CCC3C(O)CC=C[C@]3(C)[C@H]1CC2. The van der Waals surface area contributed by atoms with E-state index in [4.69, 9.17) is 0 Å². The Kier molecular flexibility index (Phi) is 2.91. The van der Waals surface area contributed by atoms with E-state index in [0.29, 0.717) is 11.3 Å². The van der Waals surface area contributed by atoms with Crippen molar-refractivity contribution in [3.05, 3.63) is 12.2 Å². The lowest BCUT2D eigenvalue weighted by Crippen LogP contribution is -2.53. The second-order valence-electron chi connectivity index (χ2n) is 8.72. The molecule has 1 N–H and O–H groups in total. The molecule has 112 valence electrons. The number of allylic oxidation sites excluding steroid dienone is 1. The lowest BCUT2D eigenvalue weighted by atomic mass is 9.46. The van der Waals surface area contributed by atoms with Gasteiger partial charge < -0.3 is 5.11 Å². The van der Waals surface area contributed by atoms with Gasteiger partial charge in [0.15, 0.2) is 0 Å². The van der Waals surface area contributed by atoms with Crippen LogP contribution in [0.2, 0.25) is 0 Å². The van der Waals surface area contributed by atoms with Crippen LogP contribution >= 0.6 is 0 Å². The number of hydrogen-bond acceptors (Lipinski definition) is 1. The maximum atomic E-state index is 10.4. The van der Waals surface area contributed by atoms with Gasteiger partial charge in [-0.15, -0.1) is 0 Å². The molecule has 2 unspecified atom stereocenters. The molecule has 4 aliphatic rings. The summed E-state index contributed by atoms with van der Waals surface area (Å²) in [5.74, 6) is 3.28. The highest BCUT2D eigenvalue weighted by Crippen LogP contribution is 2.65. The third kappa shape index (κ3) is 1.65. The van der Waals surface area contributed by atoms with Gasteiger partial charge in [0.2, 0.25) is 0 Å². The highest BCUT2D eigenvalue weighted by atomic mass is 16.3. The monoisotopic (exact) mass is 274 g/mol. The van der Waals surface area contributed by atoms with Crippen molar-refractivity contribution in [3.63, 3.8) is 0 Å². The average molecular weight is 274 g/mol. The van der Waals surface area contributed by atoms with E-state index in [2.05, 4.69) is 26.0 Å². The third-order valence-corrected chi connectivity index (χ3v) is 7.95. The van der Waals surface area contributed by atoms with Crippen LogP contribution in [-0.4, -0.2) is 11.2 Å². The molecule has 0 aromatic rings. The largest absolute Gasteiger partial charge is 0.392 e. The van der Waals surface area contributed by atoms with E-state index in [1.54, 1.807) is 0 Å². The summed E-state index contributed by atoms with van der Waals surface area (Å²) in [6.45, 7) is 5.03. The first-order valence-electron chi connectivity index (χ1n) is 8.90. The predicted molar refractivity (Wildman–Crippen MR) is 82.3 cm³/mol. The van der Waals surface area contributed by atoms with E-state index >= 15 is 0 Å². The first-order valence-corrected chi connectivity index (χ1v) is 8.90. The van der Waals surface area contributed by atoms with Crippen molar-refractivity contribution >= 4 is 0 Å². The van der Waals surface area contributed by atoms with Crippen molar-refractivity contribution < 1.29 is 5.11 Å². The minimum atomic E-state index is -0.0807. The molecular weight excluding hydrogens is 244 g/mol. The standard InChI is InChI=1S/C19H30O/c1-18-10-3-5-14(18)13-7-8-16-17(20)6-4-11-19(16,2)15(13)9-12-18/h4,11,13-17,20H,3,5-10,12H2,1-2H3/t13-,14-,15-,16?,17?,18-,19+/m0/s1. The van der Waals surface area contributed by atoms with Gasteiger partial charge in [0, 0.05) is 0 Å². The van der Waals surface area contributed by atoms with E-state index in [1.165, 1.54) is 44.9 Å². The van der Waals surface area contributed by atoms with Crippen LogP contribution in [0, 0.1) is 34.5 Å². The zero-order chi connectivity index (χ0) is 14.0. The summed E-state index contributed by atoms with van der Waals surface area (Å²) in [5.41, 5.74) is 0.936. The Labute approximate surface area is 123 Å². The highest BCUT2D eigenvalue weighted by Gasteiger charge is 2.57. The summed E-state index contributed by atoms with van der Waals surface area (Å²) in [7, 11) is 0. The quantitative estimate of drug-likeness (QED) is 0.642. The minimum absolute atomic E-state index is 0.0807. The molecule has 0 aromatic carbocycles. The van der Waals surface area contributed by atoms with Gasteiger partial charge in [-0.25, -0.2) is 0 Å². The lowest BCUT2D eigenvalue weighted by molar-refractivity contribution is -0.0993. The maximum absolute atomic E-state index is 10.4. The van der Waals surface area contributed by atoms with Crippen molar-refractivity contribution in [3.8, 4) is 0 Å². The molecule has 0 bridgehead atoms. The van der Waals surface area contributed by atoms with Crippen molar-refractivity contribution in [2.75, 3.05) is 0 Å². The van der Waals surface area contributed by atoms with Gasteiger partial charge in [-0.2, -0.15) is 0 Å². The molecule has 0 amide bonds. The summed E-state index contributed by atoms with van der Waals surface area (Å²) in [4.78, 5) is 0. The van der Waals surface area contributed by atoms with Gasteiger partial charge in [0.1, 0.15) is 0 Å². The summed E-state index contributed by atoms with van der Waals surface area (Å²) in [6.07, 6.45) is 15.5. The van der Waals surface area contributed by atoms with Crippen LogP contribution in [0.5, 0.6) is 0 Å². The molecule has 0 heterocycles. The summed E-state index contributed by atoms with van der Waals surface area (Å²) in [5, 5.41) is 10.4. The molecule has 0 spiro atoms. The molecule has 3 fully saturated rings. The lowest BCUT2D eigenvalue weighted by Gasteiger charge is -2.59. The zero-order valence-corrected chi connectivity index (χ0v) is 13.1. The third-order valence-electron chi connectivity index (χ3n) is 7.95. The van der Waals surface area contributed by atoms with Gasteiger partial charge in [0.05, 0.1) is 6.10 Å². The maximum Gasteiger partial charge on any atom is 0.0611 e. The molecule has 0 aliphatic heterocycles. The topological polar surface area (TPSA) is 20.2 Å². The van der Waals surface area contributed by atoms with Gasteiger partial charge >= 0.3 is 0 Å². The number of aliphatic hydroxyl groups is 1. The normalized spacial score (nSPS) is 57.9. The molecule has 0 saturated heterocycles. The fraction of sp³-hybridized carbons (Fsp3) is 0.895. The summed E-state index contributed by atoms with van der Waals surface area (Å²) in [6, 6.07) is 0. The first kappa shape index (κ1) is 13.4. The Morgan fingerprint density at radius 3 is 2.65 bits per heavy atom. The molecule has 4 aliphatic carbocycles. The van der Waals surface area contributed by atoms with Crippen LogP contribution in [0.4, 0.5) is 0 Å². The van der Waals surface area contributed by atoms with Gasteiger partial charge in [0.25, 0.3) is 0 Å². The zero-order valence-electron chi connectivity index (χ0n) is 13.1. The highest BCUT2D eigenvalue weighted by molar-refractivity contribution is 5.16. The van der Waals surface area contributed by atoms with Crippen molar-refractivity contribution in [2.45, 2.75) is 71.3 Å². The fourth-order valence-electron chi connectivity index (χ4n) is 6.89. The van der Waals surface area contributed by atoms with Gasteiger partial charge in [-0.05, 0) is 79.4 Å². The van der Waals surface area contributed by atoms with Crippen LogP contribution in [0.1, 0.15) is 65.2 Å². The van der Waals surface area contributed by atoms with Gasteiger partial charge in [-0.1, -0.05) is 32.4 Å². The Hall–Kier alpha value is -0.300. The minimum Gasteiger partial charge on any atom is -0.392 e. The average Bonchev–Trinajstić information content (AvgIpc) is 2.80. The molecule has 0 radical (unpaired) electrons. The Bertz CT molecular complexity index is 427. The van der Waals surface area contributed by atoms with Crippen LogP contribution in [-0.2, 0) is 0 Å². The number of hydrogen-bond donors (Lipinski definition) is 1. The molecule has 1 nitrogen and oxygen atoms in total. The predicted octanol–water partition coefficient (Wildman–Crippen LogP) is 4.56.